The van der Waals surface area contributed by atoms with Gasteiger partial charge in [0, 0.05) is 25.2 Å². The highest BCUT2D eigenvalue weighted by Gasteiger charge is 2.61. The minimum atomic E-state index is -1.05. The Kier molecular flexibility index (Phi) is 5.58. The number of carbonyl (C=O) groups excluding carboxylic acids is 4. The van der Waals surface area contributed by atoms with Crippen LogP contribution in [0.3, 0.4) is 0 Å². The lowest BCUT2D eigenvalue weighted by Crippen LogP contribution is -2.47. The highest BCUT2D eigenvalue weighted by atomic mass is 16.5. The van der Waals surface area contributed by atoms with Crippen molar-refractivity contribution in [2.45, 2.75) is 37.4 Å². The second-order valence-corrected chi connectivity index (χ2v) is 10.6. The van der Waals surface area contributed by atoms with E-state index in [4.69, 9.17) is 4.74 Å². The van der Waals surface area contributed by atoms with Crippen molar-refractivity contribution in [1.29, 1.82) is 0 Å². The molecule has 12 heteroatoms. The van der Waals surface area contributed by atoms with Crippen LogP contribution in [0.2, 0.25) is 0 Å². The number of nitrogens with one attached hydrogen (secondary N) is 1. The molecule has 7 rings (SSSR count). The number of hydrogen-bond donors (Lipinski definition) is 1. The smallest absolute Gasteiger partial charge is 0.325 e. The second-order valence-electron chi connectivity index (χ2n) is 10.6. The zero-order chi connectivity index (χ0) is 27.4. The van der Waals surface area contributed by atoms with Crippen LogP contribution in [-0.4, -0.2) is 74.8 Å². The van der Waals surface area contributed by atoms with E-state index in [1.807, 2.05) is 54.7 Å². The topological polar surface area (TPSA) is 130 Å². The van der Waals surface area contributed by atoms with Gasteiger partial charge in [0.2, 0.25) is 17.7 Å². The summed E-state index contributed by atoms with van der Waals surface area (Å²) < 4.78 is 7.82. The first-order valence-corrected chi connectivity index (χ1v) is 13.4. The van der Waals surface area contributed by atoms with Gasteiger partial charge in [-0.25, -0.2) is 4.79 Å². The number of imide groups is 1. The highest BCUT2D eigenvalue weighted by molar-refractivity contribution is 6.09. The standard InChI is InChI=1S/C28H27N7O5/c36-23-16-32(27(39)29-23)17-24(37)34-11-9-28-21-7-1-2-8-22(21)35(26(28)38)15-19-14-33(31-30-19)10-4-12-40-20-6-3-5-18(13-20)25(28)34/h1-3,5-8,13-14,25H,4,9-12,15-17H2,(H,29,36,39)/t25-,28-/m0/s1. The first-order chi connectivity index (χ1) is 19.4. The largest absolute Gasteiger partial charge is 0.494 e. The van der Waals surface area contributed by atoms with E-state index in [0.717, 1.165) is 16.8 Å². The maximum absolute atomic E-state index is 14.6. The molecule has 0 radical (unpaired) electrons. The fraction of sp³-hybridized carbons (Fsp3) is 0.357. The molecule has 204 valence electrons. The Morgan fingerprint density at radius 3 is 2.80 bits per heavy atom. The van der Waals surface area contributed by atoms with E-state index >= 15 is 0 Å². The summed E-state index contributed by atoms with van der Waals surface area (Å²) >= 11 is 0. The number of ether oxygens (including phenoxy) is 1. The van der Waals surface area contributed by atoms with Crippen molar-refractivity contribution in [2.75, 3.05) is 31.1 Å². The molecule has 0 aliphatic carbocycles. The number of amides is 5. The molecule has 4 aliphatic heterocycles. The van der Waals surface area contributed by atoms with Gasteiger partial charge in [0.05, 0.1) is 25.4 Å². The number of aromatic nitrogens is 3. The van der Waals surface area contributed by atoms with E-state index < -0.39 is 23.4 Å². The van der Waals surface area contributed by atoms with Crippen LogP contribution in [0.4, 0.5) is 10.5 Å². The Morgan fingerprint density at radius 2 is 1.95 bits per heavy atom. The molecule has 2 saturated heterocycles. The van der Waals surface area contributed by atoms with Crippen LogP contribution >= 0.6 is 0 Å². The average molecular weight is 542 g/mol. The first kappa shape index (κ1) is 24.3. The molecule has 40 heavy (non-hydrogen) atoms. The summed E-state index contributed by atoms with van der Waals surface area (Å²) in [6.07, 6.45) is 2.97. The zero-order valence-electron chi connectivity index (χ0n) is 21.7. The number of hydrogen-bond acceptors (Lipinski definition) is 7. The molecular formula is C28H27N7O5. The molecule has 2 aromatic carbocycles. The number of nitrogens with zero attached hydrogens (tertiary/aromatic N) is 6. The van der Waals surface area contributed by atoms with Gasteiger partial charge < -0.3 is 19.4 Å². The Balaban J connectivity index is 1.35. The van der Waals surface area contributed by atoms with Crippen molar-refractivity contribution in [3.05, 3.63) is 71.5 Å². The Hall–Kier alpha value is -4.74. The van der Waals surface area contributed by atoms with Crippen LogP contribution in [0.5, 0.6) is 5.75 Å². The maximum atomic E-state index is 14.6. The van der Waals surface area contributed by atoms with Gasteiger partial charge in [-0.2, -0.15) is 0 Å². The highest BCUT2D eigenvalue weighted by Crippen LogP contribution is 2.57. The Morgan fingerprint density at radius 1 is 1.07 bits per heavy atom. The Labute approximate surface area is 229 Å². The number of anilines is 1. The summed E-state index contributed by atoms with van der Waals surface area (Å²) in [4.78, 5) is 57.0. The number of fused-ring (bicyclic) bond motifs is 8. The molecule has 1 N–H and O–H groups in total. The predicted molar refractivity (Wildman–Crippen MR) is 140 cm³/mol. The van der Waals surface area contributed by atoms with Crippen molar-refractivity contribution in [3.8, 4) is 5.75 Å². The Bertz CT molecular complexity index is 1550. The van der Waals surface area contributed by atoms with Crippen molar-refractivity contribution in [1.82, 2.24) is 30.1 Å². The van der Waals surface area contributed by atoms with Gasteiger partial charge in [-0.1, -0.05) is 35.5 Å². The molecule has 3 aromatic rings. The molecule has 0 saturated carbocycles. The first-order valence-electron chi connectivity index (χ1n) is 13.4. The molecular weight excluding hydrogens is 514 g/mol. The van der Waals surface area contributed by atoms with E-state index in [1.165, 1.54) is 4.90 Å². The molecule has 2 atom stereocenters. The molecule has 12 nitrogen and oxygen atoms in total. The van der Waals surface area contributed by atoms with Crippen LogP contribution in [0, 0.1) is 0 Å². The van der Waals surface area contributed by atoms with Crippen LogP contribution < -0.4 is 15.0 Å². The van der Waals surface area contributed by atoms with Crippen molar-refractivity contribution in [3.63, 3.8) is 0 Å². The minimum Gasteiger partial charge on any atom is -0.494 e. The number of urea groups is 1. The van der Waals surface area contributed by atoms with Gasteiger partial charge in [-0.05, 0) is 35.7 Å². The molecule has 4 aliphatic rings. The van der Waals surface area contributed by atoms with E-state index in [9.17, 15) is 19.2 Å². The summed E-state index contributed by atoms with van der Waals surface area (Å²) in [6, 6.07) is 14.0. The lowest BCUT2D eigenvalue weighted by Gasteiger charge is -2.35. The normalized spacial score (nSPS) is 23.8. The van der Waals surface area contributed by atoms with Crippen LogP contribution in [0.25, 0.3) is 0 Å². The fourth-order valence-corrected chi connectivity index (χ4v) is 6.51. The molecule has 6 bridgehead atoms. The minimum absolute atomic E-state index is 0.112. The summed E-state index contributed by atoms with van der Waals surface area (Å²) in [5.41, 5.74) is 2.02. The van der Waals surface area contributed by atoms with Crippen LogP contribution in [0.1, 0.15) is 35.7 Å². The third-order valence-corrected chi connectivity index (χ3v) is 8.22. The van der Waals surface area contributed by atoms with Crippen LogP contribution in [0.15, 0.2) is 54.7 Å². The lowest BCUT2D eigenvalue weighted by molar-refractivity contribution is -0.134. The number of rotatable bonds is 2. The van der Waals surface area contributed by atoms with Crippen LogP contribution in [-0.2, 0) is 32.9 Å². The van der Waals surface area contributed by atoms with Gasteiger partial charge in [-0.15, -0.1) is 5.10 Å². The second kappa shape index (κ2) is 9.18. The van der Waals surface area contributed by atoms with Gasteiger partial charge >= 0.3 is 6.03 Å². The van der Waals surface area contributed by atoms with Gasteiger partial charge in [-0.3, -0.25) is 24.4 Å². The van der Waals surface area contributed by atoms with Gasteiger partial charge in [0.15, 0.2) is 0 Å². The summed E-state index contributed by atoms with van der Waals surface area (Å²) in [5.74, 6) is -0.246. The van der Waals surface area contributed by atoms with E-state index in [-0.39, 0.29) is 31.4 Å². The maximum Gasteiger partial charge on any atom is 0.325 e. The number of carbonyl (C=O) groups is 4. The molecule has 0 unspecified atom stereocenters. The molecule has 1 spiro atoms. The summed E-state index contributed by atoms with van der Waals surface area (Å²) in [5, 5.41) is 10.8. The number of aryl methyl sites for hydroxylation is 1. The quantitative estimate of drug-likeness (QED) is 0.485. The molecule has 5 amide bonds. The average Bonchev–Trinajstić information content (AvgIpc) is 3.70. The van der Waals surface area contributed by atoms with Gasteiger partial charge in [0.1, 0.15) is 29.9 Å². The van der Waals surface area contributed by atoms with Crippen molar-refractivity contribution in [2.24, 2.45) is 0 Å². The SMILES string of the molecule is O=C1CN(CC(=O)N2CC[C@@]34C(=O)N(Cc5cn(nn5)CCCOc5cccc(c5)[C@H]23)c2ccccc24)C(=O)N1. The zero-order valence-corrected chi connectivity index (χ0v) is 21.7. The van der Waals surface area contributed by atoms with E-state index in [0.29, 0.717) is 44.0 Å². The fourth-order valence-electron chi connectivity index (χ4n) is 6.51. The third kappa shape index (κ3) is 3.74. The van der Waals surface area contributed by atoms with E-state index in [2.05, 4.69) is 15.6 Å². The monoisotopic (exact) mass is 541 g/mol. The van der Waals surface area contributed by atoms with Gasteiger partial charge in [0.25, 0.3) is 0 Å². The number of likely N-dealkylation sites (tertiary alicyclic amines) is 1. The summed E-state index contributed by atoms with van der Waals surface area (Å²) in [6.45, 7) is 1.21. The number of benzene rings is 2. The van der Waals surface area contributed by atoms with Crippen molar-refractivity contribution >= 4 is 29.4 Å². The van der Waals surface area contributed by atoms with E-state index in [1.54, 1.807) is 14.5 Å². The molecule has 1 aromatic heterocycles. The predicted octanol–water partition coefficient (Wildman–Crippen LogP) is 1.37. The number of para-hydroxylation sites is 1. The lowest BCUT2D eigenvalue weighted by atomic mass is 9.72. The summed E-state index contributed by atoms with van der Waals surface area (Å²) in [7, 11) is 0. The molecule has 2 fully saturated rings. The third-order valence-electron chi connectivity index (χ3n) is 8.22. The van der Waals surface area contributed by atoms with Crippen molar-refractivity contribution < 1.29 is 23.9 Å². The molecule has 5 heterocycles.